The third kappa shape index (κ3) is 8.65. The molecule has 0 heterocycles. The number of nitrogens with one attached hydrogen (secondary N) is 1. The summed E-state index contributed by atoms with van der Waals surface area (Å²) in [6.45, 7) is 7.70. The third-order valence-electron chi connectivity index (χ3n) is 5.91. The molecular weight excluding hydrogens is 469 g/mol. The highest BCUT2D eigenvalue weighted by Crippen LogP contribution is 2.20. The van der Waals surface area contributed by atoms with Gasteiger partial charge in [0.15, 0.2) is 0 Å². The summed E-state index contributed by atoms with van der Waals surface area (Å²) >= 11 is 0. The first kappa shape index (κ1) is 28.3. The van der Waals surface area contributed by atoms with Crippen LogP contribution in [0.3, 0.4) is 0 Å². The average molecular weight is 506 g/mol. The lowest BCUT2D eigenvalue weighted by atomic mass is 10.1. The van der Waals surface area contributed by atoms with Crippen molar-refractivity contribution in [2.45, 2.75) is 65.6 Å². The zero-order valence-electron chi connectivity index (χ0n) is 21.1. The maximum atomic E-state index is 13.4. The fourth-order valence-corrected chi connectivity index (χ4v) is 4.51. The molecule has 0 fully saturated rings. The second kappa shape index (κ2) is 12.7. The van der Waals surface area contributed by atoms with Crippen molar-refractivity contribution < 1.29 is 22.4 Å². The number of carbonyl (C=O) groups is 2. The Kier molecular flexibility index (Phi) is 10.2. The molecule has 0 radical (unpaired) electrons. The maximum absolute atomic E-state index is 13.4. The molecule has 0 spiro atoms. The van der Waals surface area contributed by atoms with E-state index in [1.807, 2.05) is 32.9 Å². The Bertz CT molecular complexity index is 1090. The highest BCUT2D eigenvalue weighted by Gasteiger charge is 2.27. The zero-order chi connectivity index (χ0) is 26.2. The van der Waals surface area contributed by atoms with Gasteiger partial charge in [0.05, 0.1) is 11.9 Å². The molecule has 0 bridgehead atoms. The number of amides is 2. The highest BCUT2D eigenvalue weighted by atomic mass is 32.2. The summed E-state index contributed by atoms with van der Waals surface area (Å²) in [7, 11) is -3.54. The minimum absolute atomic E-state index is 0.0365. The van der Waals surface area contributed by atoms with Crippen LogP contribution < -0.4 is 9.62 Å². The van der Waals surface area contributed by atoms with E-state index in [4.69, 9.17) is 0 Å². The van der Waals surface area contributed by atoms with Crippen molar-refractivity contribution >= 4 is 27.5 Å². The lowest BCUT2D eigenvalue weighted by molar-refractivity contribution is -0.140. The molecule has 9 heteroatoms. The van der Waals surface area contributed by atoms with Gasteiger partial charge in [-0.25, -0.2) is 12.8 Å². The Balaban J connectivity index is 2.15. The molecule has 0 aliphatic rings. The number of aryl methyl sites for hydroxylation is 1. The van der Waals surface area contributed by atoms with Gasteiger partial charge in [-0.1, -0.05) is 36.8 Å². The molecule has 2 amide bonds. The van der Waals surface area contributed by atoms with E-state index in [9.17, 15) is 22.4 Å². The fourth-order valence-electron chi connectivity index (χ4n) is 3.55. The summed E-state index contributed by atoms with van der Waals surface area (Å²) in [5, 5.41) is 2.90. The van der Waals surface area contributed by atoms with Crippen LogP contribution >= 0.6 is 0 Å². The van der Waals surface area contributed by atoms with Crippen molar-refractivity contribution in [1.82, 2.24) is 10.2 Å². The van der Waals surface area contributed by atoms with Crippen molar-refractivity contribution in [2.24, 2.45) is 0 Å². The Morgan fingerprint density at radius 1 is 1.03 bits per heavy atom. The summed E-state index contributed by atoms with van der Waals surface area (Å²) in [6, 6.07) is 12.1. The first-order valence-electron chi connectivity index (χ1n) is 11.8. The Hall–Kier alpha value is -2.94. The highest BCUT2D eigenvalue weighted by molar-refractivity contribution is 7.92. The normalized spacial score (nSPS) is 13.1. The molecule has 0 aliphatic carbocycles. The molecule has 2 atom stereocenters. The van der Waals surface area contributed by atoms with E-state index in [0.717, 1.165) is 18.2 Å². The standard InChI is InChI=1S/C26H36FN3O4S/c1-6-20(3)28-26(32)21(4)29(18-22-11-13-23(27)14-12-22)25(31)8-7-17-30(35(5,33)34)24-15-9-19(2)10-16-24/h9-16,20-21H,6-8,17-18H2,1-5H3,(H,28,32)/t20-,21-/m0/s1. The predicted octanol–water partition coefficient (Wildman–Crippen LogP) is 4.01. The van der Waals surface area contributed by atoms with Gasteiger partial charge < -0.3 is 10.2 Å². The SMILES string of the molecule is CC[C@H](C)NC(=O)[C@H](C)N(Cc1ccc(F)cc1)C(=O)CCCN(c1ccc(C)cc1)S(C)(=O)=O. The minimum Gasteiger partial charge on any atom is -0.352 e. The number of hydrogen-bond acceptors (Lipinski definition) is 4. The molecule has 192 valence electrons. The fraction of sp³-hybridized carbons (Fsp3) is 0.462. The van der Waals surface area contributed by atoms with Crippen molar-refractivity contribution in [2.75, 3.05) is 17.1 Å². The number of benzene rings is 2. The number of sulfonamides is 1. The number of nitrogens with zero attached hydrogens (tertiary/aromatic N) is 2. The Morgan fingerprint density at radius 3 is 2.17 bits per heavy atom. The van der Waals surface area contributed by atoms with Crippen LogP contribution in [-0.2, 0) is 26.2 Å². The molecule has 2 aromatic carbocycles. The van der Waals surface area contributed by atoms with E-state index < -0.39 is 16.1 Å². The Morgan fingerprint density at radius 2 is 1.63 bits per heavy atom. The predicted molar refractivity (Wildman–Crippen MR) is 137 cm³/mol. The summed E-state index contributed by atoms with van der Waals surface area (Å²) < 4.78 is 39.4. The van der Waals surface area contributed by atoms with Gasteiger partial charge in [0.25, 0.3) is 0 Å². The molecule has 2 aromatic rings. The van der Waals surface area contributed by atoms with Crippen molar-refractivity contribution in [3.63, 3.8) is 0 Å². The molecule has 0 saturated heterocycles. The van der Waals surface area contributed by atoms with Crippen LogP contribution in [0.2, 0.25) is 0 Å². The van der Waals surface area contributed by atoms with E-state index in [2.05, 4.69) is 5.32 Å². The monoisotopic (exact) mass is 505 g/mol. The first-order valence-corrected chi connectivity index (χ1v) is 13.7. The second-order valence-corrected chi connectivity index (χ2v) is 10.8. The average Bonchev–Trinajstić information content (AvgIpc) is 2.80. The number of anilines is 1. The van der Waals surface area contributed by atoms with Crippen LogP contribution in [0.4, 0.5) is 10.1 Å². The quantitative estimate of drug-likeness (QED) is 0.472. The Labute approximate surface area is 208 Å². The summed E-state index contributed by atoms with van der Waals surface area (Å²) in [6.07, 6.45) is 2.22. The molecule has 2 rings (SSSR count). The van der Waals surface area contributed by atoms with Gasteiger partial charge in [0.1, 0.15) is 11.9 Å². The molecule has 7 nitrogen and oxygen atoms in total. The number of hydrogen-bond donors (Lipinski definition) is 1. The second-order valence-electron chi connectivity index (χ2n) is 8.92. The van der Waals surface area contributed by atoms with Crippen LogP contribution in [0.1, 0.15) is 51.2 Å². The van der Waals surface area contributed by atoms with Gasteiger partial charge in [-0.05, 0) is 63.4 Å². The van der Waals surface area contributed by atoms with E-state index >= 15 is 0 Å². The number of rotatable bonds is 12. The number of halogens is 1. The van der Waals surface area contributed by atoms with Gasteiger partial charge in [-0.15, -0.1) is 0 Å². The van der Waals surface area contributed by atoms with E-state index in [1.165, 1.54) is 21.3 Å². The summed E-state index contributed by atoms with van der Waals surface area (Å²) in [4.78, 5) is 27.5. The minimum atomic E-state index is -3.54. The van der Waals surface area contributed by atoms with Crippen LogP contribution in [0.25, 0.3) is 0 Å². The lowest BCUT2D eigenvalue weighted by Gasteiger charge is -2.30. The van der Waals surface area contributed by atoms with Crippen LogP contribution in [0.15, 0.2) is 48.5 Å². The van der Waals surface area contributed by atoms with Crippen LogP contribution in [0.5, 0.6) is 0 Å². The molecule has 0 unspecified atom stereocenters. The smallest absolute Gasteiger partial charge is 0.242 e. The molecule has 35 heavy (non-hydrogen) atoms. The van der Waals surface area contributed by atoms with Crippen molar-refractivity contribution in [3.05, 3.63) is 65.5 Å². The van der Waals surface area contributed by atoms with Gasteiger partial charge in [0.2, 0.25) is 21.8 Å². The van der Waals surface area contributed by atoms with Crippen LogP contribution in [0, 0.1) is 12.7 Å². The third-order valence-corrected chi connectivity index (χ3v) is 7.10. The number of carbonyl (C=O) groups excluding carboxylic acids is 2. The van der Waals surface area contributed by atoms with Gasteiger partial charge in [-0.3, -0.25) is 13.9 Å². The zero-order valence-corrected chi connectivity index (χ0v) is 21.9. The van der Waals surface area contributed by atoms with Crippen molar-refractivity contribution in [1.29, 1.82) is 0 Å². The molecule has 0 saturated carbocycles. The van der Waals surface area contributed by atoms with Gasteiger partial charge >= 0.3 is 0 Å². The first-order chi connectivity index (χ1) is 16.4. The molecular formula is C26H36FN3O4S. The largest absolute Gasteiger partial charge is 0.352 e. The lowest BCUT2D eigenvalue weighted by Crippen LogP contribution is -2.49. The van der Waals surface area contributed by atoms with Crippen LogP contribution in [-0.4, -0.2) is 50.0 Å². The van der Waals surface area contributed by atoms with Crippen molar-refractivity contribution in [3.8, 4) is 0 Å². The van der Waals surface area contributed by atoms with E-state index in [1.54, 1.807) is 31.2 Å². The summed E-state index contributed by atoms with van der Waals surface area (Å²) in [5.41, 5.74) is 2.24. The van der Waals surface area contributed by atoms with E-state index in [-0.39, 0.29) is 49.6 Å². The maximum Gasteiger partial charge on any atom is 0.242 e. The van der Waals surface area contributed by atoms with E-state index in [0.29, 0.717) is 11.3 Å². The topological polar surface area (TPSA) is 86.8 Å². The molecule has 0 aliphatic heterocycles. The summed E-state index contributed by atoms with van der Waals surface area (Å²) in [5.74, 6) is -0.933. The molecule has 1 N–H and O–H groups in total. The molecule has 0 aromatic heterocycles. The van der Waals surface area contributed by atoms with Gasteiger partial charge in [-0.2, -0.15) is 0 Å². The van der Waals surface area contributed by atoms with Gasteiger partial charge in [0, 0.05) is 25.6 Å².